The summed E-state index contributed by atoms with van der Waals surface area (Å²) in [6.07, 6.45) is 0. The third-order valence-corrected chi connectivity index (χ3v) is 2.11. The Morgan fingerprint density at radius 2 is 2.38 bits per heavy atom. The van der Waals surface area contributed by atoms with Gasteiger partial charge in [-0.3, -0.25) is 0 Å². The van der Waals surface area contributed by atoms with Gasteiger partial charge < -0.3 is 15.8 Å². The second-order valence-corrected chi connectivity index (χ2v) is 3.10. The van der Waals surface area contributed by atoms with Gasteiger partial charge in [-0.15, -0.1) is 10.2 Å². The second kappa shape index (κ2) is 4.47. The highest BCUT2D eigenvalue weighted by atomic mass is 16.5. The van der Waals surface area contributed by atoms with Crippen molar-refractivity contribution in [3.63, 3.8) is 0 Å². The first kappa shape index (κ1) is 10.2. The van der Waals surface area contributed by atoms with Crippen molar-refractivity contribution in [2.45, 2.75) is 6.54 Å². The van der Waals surface area contributed by atoms with Gasteiger partial charge in [0.25, 0.3) is 0 Å². The minimum absolute atomic E-state index is 0.452. The summed E-state index contributed by atoms with van der Waals surface area (Å²) in [6, 6.07) is 5.51. The van der Waals surface area contributed by atoms with Crippen molar-refractivity contribution in [2.75, 3.05) is 18.2 Å². The van der Waals surface area contributed by atoms with E-state index >= 15 is 0 Å². The molecule has 0 bridgehead atoms. The van der Waals surface area contributed by atoms with E-state index in [9.17, 15) is 0 Å². The highest BCUT2D eigenvalue weighted by Gasteiger charge is 2.05. The number of rotatable bonds is 4. The fourth-order valence-electron chi connectivity index (χ4n) is 1.31. The van der Waals surface area contributed by atoms with Gasteiger partial charge in [-0.1, -0.05) is 11.3 Å². The molecular weight excluding hydrogens is 208 g/mol. The zero-order valence-corrected chi connectivity index (χ0v) is 8.77. The lowest BCUT2D eigenvalue weighted by atomic mass is 10.2. The van der Waals surface area contributed by atoms with Gasteiger partial charge in [-0.05, 0) is 12.1 Å². The molecule has 0 saturated heterocycles. The first-order valence-corrected chi connectivity index (χ1v) is 4.70. The molecule has 4 N–H and O–H groups in total. The Bertz CT molecular complexity index is 455. The summed E-state index contributed by atoms with van der Waals surface area (Å²) in [6.45, 7) is 0.452. The first-order valence-electron chi connectivity index (χ1n) is 4.70. The summed E-state index contributed by atoms with van der Waals surface area (Å²) < 4.78 is 5.11. The van der Waals surface area contributed by atoms with Gasteiger partial charge in [0.05, 0.1) is 25.0 Å². The molecule has 2 rings (SSSR count). The van der Waals surface area contributed by atoms with Crippen LogP contribution in [0.1, 0.15) is 5.82 Å². The highest BCUT2D eigenvalue weighted by Crippen LogP contribution is 2.28. The van der Waals surface area contributed by atoms with Crippen molar-refractivity contribution in [1.82, 2.24) is 20.6 Å². The lowest BCUT2D eigenvalue weighted by Gasteiger charge is -2.10. The molecular formula is C9H12N6O. The third-order valence-electron chi connectivity index (χ3n) is 2.11. The molecule has 0 fully saturated rings. The van der Waals surface area contributed by atoms with E-state index in [0.717, 1.165) is 5.69 Å². The van der Waals surface area contributed by atoms with E-state index in [1.807, 2.05) is 12.1 Å². The number of ether oxygens (including phenoxy) is 1. The highest BCUT2D eigenvalue weighted by molar-refractivity contribution is 5.72. The molecule has 0 unspecified atom stereocenters. The van der Waals surface area contributed by atoms with Crippen LogP contribution in [0.3, 0.4) is 0 Å². The van der Waals surface area contributed by atoms with Crippen LogP contribution in [0.25, 0.3) is 0 Å². The predicted octanol–water partition coefficient (Wildman–Crippen LogP) is 0.403. The van der Waals surface area contributed by atoms with Crippen LogP contribution < -0.4 is 15.8 Å². The van der Waals surface area contributed by atoms with Crippen LogP contribution in [0.5, 0.6) is 5.75 Å². The topological polar surface area (TPSA) is 102 Å². The number of hydrogen-bond acceptors (Lipinski definition) is 6. The minimum Gasteiger partial charge on any atom is -0.495 e. The smallest absolute Gasteiger partial charge is 0.193 e. The molecule has 1 aromatic carbocycles. The van der Waals surface area contributed by atoms with Gasteiger partial charge in [0, 0.05) is 0 Å². The minimum atomic E-state index is 0.452. The normalized spacial score (nSPS) is 10.1. The zero-order chi connectivity index (χ0) is 11.4. The summed E-state index contributed by atoms with van der Waals surface area (Å²) in [5.41, 5.74) is 7.23. The number of aromatic nitrogens is 4. The quantitative estimate of drug-likeness (QED) is 0.645. The van der Waals surface area contributed by atoms with Gasteiger partial charge in [0.15, 0.2) is 5.82 Å². The van der Waals surface area contributed by atoms with Gasteiger partial charge in [0.2, 0.25) is 0 Å². The SMILES string of the molecule is COc1cccc(NCc2nn[nH]n2)c1N. The molecule has 84 valence electrons. The Labute approximate surface area is 92.0 Å². The van der Waals surface area contributed by atoms with E-state index in [-0.39, 0.29) is 0 Å². The molecule has 0 radical (unpaired) electrons. The summed E-state index contributed by atoms with van der Waals surface area (Å²) in [7, 11) is 1.58. The molecule has 0 amide bonds. The lowest BCUT2D eigenvalue weighted by Crippen LogP contribution is -2.05. The number of tetrazole rings is 1. The number of nitrogen functional groups attached to an aromatic ring is 1. The number of hydrogen-bond donors (Lipinski definition) is 3. The van der Waals surface area contributed by atoms with Crippen molar-refractivity contribution in [3.05, 3.63) is 24.0 Å². The van der Waals surface area contributed by atoms with E-state index in [1.54, 1.807) is 13.2 Å². The van der Waals surface area contributed by atoms with E-state index < -0.39 is 0 Å². The van der Waals surface area contributed by atoms with Gasteiger partial charge >= 0.3 is 0 Å². The number of anilines is 2. The van der Waals surface area contributed by atoms with Crippen LogP contribution in [-0.4, -0.2) is 27.7 Å². The lowest BCUT2D eigenvalue weighted by molar-refractivity contribution is 0.417. The average molecular weight is 220 g/mol. The maximum Gasteiger partial charge on any atom is 0.193 e. The van der Waals surface area contributed by atoms with Gasteiger partial charge in [-0.25, -0.2) is 0 Å². The Kier molecular flexibility index (Phi) is 2.86. The number of benzene rings is 1. The Morgan fingerprint density at radius 1 is 1.50 bits per heavy atom. The summed E-state index contributed by atoms with van der Waals surface area (Å²) in [4.78, 5) is 0. The van der Waals surface area contributed by atoms with E-state index in [1.165, 1.54) is 0 Å². The number of para-hydroxylation sites is 1. The second-order valence-electron chi connectivity index (χ2n) is 3.10. The van der Waals surface area contributed by atoms with Crippen LogP contribution >= 0.6 is 0 Å². The fourth-order valence-corrected chi connectivity index (χ4v) is 1.31. The first-order chi connectivity index (χ1) is 7.81. The van der Waals surface area contributed by atoms with Gasteiger partial charge in [0.1, 0.15) is 5.75 Å². The molecule has 7 nitrogen and oxygen atoms in total. The zero-order valence-electron chi connectivity index (χ0n) is 8.77. The van der Waals surface area contributed by atoms with Crippen LogP contribution in [0.2, 0.25) is 0 Å². The van der Waals surface area contributed by atoms with E-state index in [4.69, 9.17) is 10.5 Å². The van der Waals surface area contributed by atoms with Crippen molar-refractivity contribution < 1.29 is 4.74 Å². The van der Waals surface area contributed by atoms with Crippen LogP contribution in [0.15, 0.2) is 18.2 Å². The molecule has 16 heavy (non-hydrogen) atoms. The van der Waals surface area contributed by atoms with E-state index in [0.29, 0.717) is 23.8 Å². The molecule has 0 aliphatic heterocycles. The molecule has 2 aromatic rings. The summed E-state index contributed by atoms with van der Waals surface area (Å²) in [5.74, 6) is 1.21. The van der Waals surface area contributed by atoms with Crippen LogP contribution in [0, 0.1) is 0 Å². The molecule has 0 atom stereocenters. The van der Waals surface area contributed by atoms with E-state index in [2.05, 4.69) is 25.9 Å². The summed E-state index contributed by atoms with van der Waals surface area (Å²) in [5, 5.41) is 16.6. The third kappa shape index (κ3) is 2.02. The Balaban J connectivity index is 2.09. The molecule has 0 aliphatic rings. The number of methoxy groups -OCH3 is 1. The van der Waals surface area contributed by atoms with Crippen LogP contribution in [0.4, 0.5) is 11.4 Å². The Hall–Kier alpha value is -2.31. The molecule has 0 spiro atoms. The molecule has 0 saturated carbocycles. The number of nitrogens with zero attached hydrogens (tertiary/aromatic N) is 3. The van der Waals surface area contributed by atoms with Crippen molar-refractivity contribution in [2.24, 2.45) is 0 Å². The number of nitrogens with one attached hydrogen (secondary N) is 2. The Morgan fingerprint density at radius 3 is 3.06 bits per heavy atom. The van der Waals surface area contributed by atoms with Crippen molar-refractivity contribution in [3.8, 4) is 5.75 Å². The average Bonchev–Trinajstić information content (AvgIpc) is 2.81. The number of nitrogens with two attached hydrogens (primary N) is 1. The molecule has 1 aromatic heterocycles. The predicted molar refractivity (Wildman–Crippen MR) is 58.9 cm³/mol. The largest absolute Gasteiger partial charge is 0.495 e. The fraction of sp³-hybridized carbons (Fsp3) is 0.222. The number of H-pyrrole nitrogens is 1. The maximum absolute atomic E-state index is 5.88. The molecule has 0 aliphatic carbocycles. The monoisotopic (exact) mass is 220 g/mol. The van der Waals surface area contributed by atoms with Crippen molar-refractivity contribution >= 4 is 11.4 Å². The summed E-state index contributed by atoms with van der Waals surface area (Å²) >= 11 is 0. The number of aromatic amines is 1. The molecule has 7 heteroatoms. The van der Waals surface area contributed by atoms with Gasteiger partial charge in [-0.2, -0.15) is 5.21 Å². The standard InChI is InChI=1S/C9H12N6O/c1-16-7-4-2-3-6(9(7)10)11-5-8-12-14-15-13-8/h2-4,11H,5,10H2,1H3,(H,12,13,14,15). The maximum atomic E-state index is 5.88. The van der Waals surface area contributed by atoms with Crippen molar-refractivity contribution in [1.29, 1.82) is 0 Å². The van der Waals surface area contributed by atoms with Crippen LogP contribution in [-0.2, 0) is 6.54 Å². The molecule has 1 heterocycles.